The number of benzene rings is 2. The van der Waals surface area contributed by atoms with Gasteiger partial charge in [-0.3, -0.25) is 4.79 Å². The average molecular weight is 341 g/mol. The van der Waals surface area contributed by atoms with Gasteiger partial charge in [-0.1, -0.05) is 24.3 Å². The molecule has 2 aromatic carbocycles. The summed E-state index contributed by atoms with van der Waals surface area (Å²) < 4.78 is 12.1. The molecule has 0 bridgehead atoms. The van der Waals surface area contributed by atoms with Crippen LogP contribution >= 0.6 is 0 Å². The third-order valence-corrected chi connectivity index (χ3v) is 4.22. The van der Waals surface area contributed by atoms with Crippen LogP contribution in [0.15, 0.2) is 48.7 Å². The summed E-state index contributed by atoms with van der Waals surface area (Å²) in [5.41, 5.74) is 0.704. The molecular formula is C19H19NO5. The molecule has 0 unspecified atom stereocenters. The van der Waals surface area contributed by atoms with Gasteiger partial charge in [-0.15, -0.1) is 0 Å². The lowest BCUT2D eigenvalue weighted by atomic mass is 10.0. The van der Waals surface area contributed by atoms with Crippen molar-refractivity contribution in [1.29, 1.82) is 0 Å². The lowest BCUT2D eigenvalue weighted by Gasteiger charge is -2.20. The van der Waals surface area contributed by atoms with E-state index < -0.39 is 12.0 Å². The number of fused-ring (bicyclic) bond motifs is 1. The van der Waals surface area contributed by atoms with E-state index in [1.165, 1.54) is 14.2 Å². The van der Waals surface area contributed by atoms with Crippen molar-refractivity contribution in [3.8, 4) is 17.4 Å². The van der Waals surface area contributed by atoms with E-state index in [2.05, 4.69) is 0 Å². The van der Waals surface area contributed by atoms with Gasteiger partial charge < -0.3 is 24.3 Å². The number of aliphatic carboxylic acids is 1. The zero-order valence-electron chi connectivity index (χ0n) is 14.0. The molecule has 6 heteroatoms. The minimum atomic E-state index is -0.961. The van der Waals surface area contributed by atoms with Crippen molar-refractivity contribution in [3.63, 3.8) is 0 Å². The van der Waals surface area contributed by atoms with Crippen LogP contribution in [0.25, 0.3) is 10.8 Å². The van der Waals surface area contributed by atoms with Gasteiger partial charge in [0.1, 0.15) is 0 Å². The first kappa shape index (κ1) is 16.7. The van der Waals surface area contributed by atoms with Crippen LogP contribution in [0.1, 0.15) is 18.0 Å². The Kier molecular flexibility index (Phi) is 4.52. The molecule has 0 fully saturated rings. The summed E-state index contributed by atoms with van der Waals surface area (Å²) in [7, 11) is 3.06. The number of aromatic nitrogens is 1. The first-order valence-corrected chi connectivity index (χ1v) is 7.77. The summed E-state index contributed by atoms with van der Waals surface area (Å²) in [6.07, 6.45) is 1.58. The number of ether oxygens (including phenoxy) is 2. The van der Waals surface area contributed by atoms with E-state index in [1.54, 1.807) is 35.0 Å². The predicted molar refractivity (Wildman–Crippen MR) is 93.5 cm³/mol. The Hall–Kier alpha value is -3.15. The molecule has 0 aliphatic carbocycles. The zero-order chi connectivity index (χ0) is 18.0. The third-order valence-electron chi connectivity index (χ3n) is 4.22. The molecule has 0 amide bonds. The minimum Gasteiger partial charge on any atom is -0.494 e. The normalized spacial score (nSPS) is 12.1. The number of carboxylic acids is 1. The highest BCUT2D eigenvalue weighted by Crippen LogP contribution is 2.37. The molecule has 1 atom stereocenters. The maximum absolute atomic E-state index is 11.4. The maximum atomic E-state index is 11.4. The fourth-order valence-electron chi connectivity index (χ4n) is 3.00. The summed E-state index contributed by atoms with van der Waals surface area (Å²) >= 11 is 0. The number of rotatable bonds is 6. The Morgan fingerprint density at radius 3 is 2.48 bits per heavy atom. The number of methoxy groups -OCH3 is 2. The highest BCUT2D eigenvalue weighted by Gasteiger charge is 2.23. The first-order chi connectivity index (χ1) is 12.0. The summed E-state index contributed by atoms with van der Waals surface area (Å²) in [5.74, 6) is 0.141. The second-order valence-electron chi connectivity index (χ2n) is 5.68. The van der Waals surface area contributed by atoms with Gasteiger partial charge in [0.2, 0.25) is 0 Å². The van der Waals surface area contributed by atoms with E-state index >= 15 is 0 Å². The van der Waals surface area contributed by atoms with Gasteiger partial charge in [-0.05, 0) is 23.8 Å². The van der Waals surface area contributed by atoms with Crippen LogP contribution in [0, 0.1) is 0 Å². The largest absolute Gasteiger partial charge is 0.494 e. The number of nitrogens with zero attached hydrogens (tertiary/aromatic N) is 1. The van der Waals surface area contributed by atoms with E-state index in [4.69, 9.17) is 9.47 Å². The lowest BCUT2D eigenvalue weighted by Crippen LogP contribution is -2.14. The molecule has 0 radical (unpaired) electrons. The number of carbonyl (C=O) groups is 1. The fourth-order valence-corrected chi connectivity index (χ4v) is 3.00. The Bertz CT molecular complexity index is 915. The van der Waals surface area contributed by atoms with Gasteiger partial charge in [0.05, 0.1) is 26.7 Å². The minimum absolute atomic E-state index is 0.0386. The molecule has 0 spiro atoms. The summed E-state index contributed by atoms with van der Waals surface area (Å²) in [6.45, 7) is 0. The second-order valence-corrected chi connectivity index (χ2v) is 5.68. The molecule has 0 aliphatic rings. The summed E-state index contributed by atoms with van der Waals surface area (Å²) in [6, 6.07) is 12.0. The summed E-state index contributed by atoms with van der Waals surface area (Å²) in [4.78, 5) is 11.4. The van der Waals surface area contributed by atoms with Crippen molar-refractivity contribution in [2.24, 2.45) is 0 Å². The van der Waals surface area contributed by atoms with E-state index in [0.29, 0.717) is 22.4 Å². The van der Waals surface area contributed by atoms with Crippen molar-refractivity contribution in [2.45, 2.75) is 12.5 Å². The van der Waals surface area contributed by atoms with Gasteiger partial charge in [0, 0.05) is 17.0 Å². The molecule has 0 saturated heterocycles. The number of hydrogen-bond acceptors (Lipinski definition) is 4. The molecule has 6 nitrogen and oxygen atoms in total. The molecular weight excluding hydrogens is 322 g/mol. The van der Waals surface area contributed by atoms with E-state index in [0.717, 1.165) is 5.39 Å². The predicted octanol–water partition coefficient (Wildman–Crippen LogP) is 3.43. The Balaban J connectivity index is 2.14. The molecule has 2 N–H and O–H groups in total. The summed E-state index contributed by atoms with van der Waals surface area (Å²) in [5, 5.41) is 21.4. The van der Waals surface area contributed by atoms with Crippen LogP contribution in [0.3, 0.4) is 0 Å². The molecule has 1 heterocycles. The quantitative estimate of drug-likeness (QED) is 0.718. The van der Waals surface area contributed by atoms with Crippen LogP contribution in [0.2, 0.25) is 0 Å². The van der Waals surface area contributed by atoms with Crippen LogP contribution in [0.4, 0.5) is 0 Å². The number of hydrogen-bond donors (Lipinski definition) is 2. The Labute approximate surface area is 144 Å². The molecule has 130 valence electrons. The van der Waals surface area contributed by atoms with Gasteiger partial charge in [0.25, 0.3) is 0 Å². The van der Waals surface area contributed by atoms with Crippen LogP contribution in [-0.4, -0.2) is 35.0 Å². The SMILES string of the molecule is COc1ccc([C@@H](CC(=O)O)n2cc3ccccc3c2O)cc1OC. The molecule has 0 aliphatic heterocycles. The second kappa shape index (κ2) is 6.76. The van der Waals surface area contributed by atoms with E-state index in [1.807, 2.05) is 18.2 Å². The van der Waals surface area contributed by atoms with E-state index in [-0.39, 0.29) is 12.3 Å². The van der Waals surface area contributed by atoms with Crippen LogP contribution in [-0.2, 0) is 4.79 Å². The smallest absolute Gasteiger partial charge is 0.305 e. The number of carboxylic acid groups (broad SMARTS) is 1. The third kappa shape index (κ3) is 3.10. The van der Waals surface area contributed by atoms with Crippen molar-refractivity contribution < 1.29 is 24.5 Å². The van der Waals surface area contributed by atoms with Gasteiger partial charge >= 0.3 is 5.97 Å². The average Bonchev–Trinajstić information content (AvgIpc) is 2.96. The fraction of sp³-hybridized carbons (Fsp3) is 0.211. The van der Waals surface area contributed by atoms with Crippen molar-refractivity contribution >= 4 is 16.7 Å². The zero-order valence-corrected chi connectivity index (χ0v) is 14.0. The van der Waals surface area contributed by atoms with Crippen molar-refractivity contribution in [3.05, 3.63) is 54.2 Å². The first-order valence-electron chi connectivity index (χ1n) is 7.77. The monoisotopic (exact) mass is 341 g/mol. The van der Waals surface area contributed by atoms with Crippen LogP contribution < -0.4 is 9.47 Å². The molecule has 3 rings (SSSR count). The number of aromatic hydroxyl groups is 1. The van der Waals surface area contributed by atoms with Crippen molar-refractivity contribution in [2.75, 3.05) is 14.2 Å². The van der Waals surface area contributed by atoms with Gasteiger partial charge in [0.15, 0.2) is 17.4 Å². The highest BCUT2D eigenvalue weighted by atomic mass is 16.5. The Morgan fingerprint density at radius 1 is 1.12 bits per heavy atom. The van der Waals surface area contributed by atoms with Crippen LogP contribution in [0.5, 0.6) is 17.4 Å². The molecule has 0 saturated carbocycles. The Morgan fingerprint density at radius 2 is 1.84 bits per heavy atom. The topological polar surface area (TPSA) is 80.9 Å². The van der Waals surface area contributed by atoms with Crippen molar-refractivity contribution in [1.82, 2.24) is 4.57 Å². The van der Waals surface area contributed by atoms with Gasteiger partial charge in [-0.2, -0.15) is 0 Å². The standard InChI is InChI=1S/C19H19NO5/c1-24-16-8-7-12(9-17(16)25-2)15(10-18(21)22)20-11-13-5-3-4-6-14(13)19(20)23/h3-9,11,15,23H,10H2,1-2H3,(H,21,22)/t15-/m1/s1. The highest BCUT2D eigenvalue weighted by molar-refractivity contribution is 5.88. The molecule has 25 heavy (non-hydrogen) atoms. The lowest BCUT2D eigenvalue weighted by molar-refractivity contribution is -0.137. The maximum Gasteiger partial charge on any atom is 0.305 e. The molecule has 1 aromatic heterocycles. The van der Waals surface area contributed by atoms with E-state index in [9.17, 15) is 15.0 Å². The molecule has 3 aromatic rings. The van der Waals surface area contributed by atoms with Gasteiger partial charge in [-0.25, -0.2) is 0 Å².